The SMILES string of the molecule is CCc1noc(CC)c1NC(=O)N1CCCC1c1nnc(C)n1Cc1ccc(Cl)cc1. The zero-order valence-corrected chi connectivity index (χ0v) is 18.8. The van der Waals surface area contributed by atoms with Crippen molar-refractivity contribution >= 4 is 23.3 Å². The van der Waals surface area contributed by atoms with Gasteiger partial charge in [0.25, 0.3) is 0 Å². The number of nitrogens with zero attached hydrogens (tertiary/aromatic N) is 5. The van der Waals surface area contributed by atoms with Crippen molar-refractivity contribution in [3.63, 3.8) is 0 Å². The minimum absolute atomic E-state index is 0.136. The van der Waals surface area contributed by atoms with E-state index >= 15 is 0 Å². The van der Waals surface area contributed by atoms with Crippen LogP contribution < -0.4 is 5.32 Å². The van der Waals surface area contributed by atoms with Gasteiger partial charge in [0.15, 0.2) is 11.6 Å². The van der Waals surface area contributed by atoms with Crippen LogP contribution in [-0.4, -0.2) is 37.4 Å². The summed E-state index contributed by atoms with van der Waals surface area (Å²) in [6, 6.07) is 7.45. The standard InChI is InChI=1S/C22H27ClN6O2/c1-4-17-20(19(5-2)31-27-17)24-22(30)28-12-6-7-18(28)21-26-25-14(3)29(21)13-15-8-10-16(23)11-9-15/h8-11,18H,4-7,12-13H2,1-3H3,(H,24,30). The normalized spacial score (nSPS) is 16.1. The number of carbonyl (C=O) groups is 1. The highest BCUT2D eigenvalue weighted by molar-refractivity contribution is 6.30. The molecule has 164 valence electrons. The van der Waals surface area contributed by atoms with E-state index in [-0.39, 0.29) is 12.1 Å². The van der Waals surface area contributed by atoms with E-state index in [0.29, 0.717) is 42.4 Å². The molecule has 2 aromatic heterocycles. The molecular weight excluding hydrogens is 416 g/mol. The molecule has 0 spiro atoms. The van der Waals surface area contributed by atoms with Crippen molar-refractivity contribution in [1.29, 1.82) is 0 Å². The summed E-state index contributed by atoms with van der Waals surface area (Å²) in [5, 5.41) is 16.6. The van der Waals surface area contributed by atoms with Crippen molar-refractivity contribution in [2.75, 3.05) is 11.9 Å². The molecule has 3 aromatic rings. The van der Waals surface area contributed by atoms with Crippen molar-refractivity contribution in [2.24, 2.45) is 0 Å². The lowest BCUT2D eigenvalue weighted by atomic mass is 10.2. The first-order valence-electron chi connectivity index (χ1n) is 10.7. The molecule has 1 N–H and O–H groups in total. The second kappa shape index (κ2) is 9.09. The molecule has 0 aliphatic carbocycles. The molecule has 0 saturated carbocycles. The van der Waals surface area contributed by atoms with Crippen LogP contribution in [0.15, 0.2) is 28.8 Å². The summed E-state index contributed by atoms with van der Waals surface area (Å²) < 4.78 is 7.47. The third-order valence-electron chi connectivity index (χ3n) is 5.75. The lowest BCUT2D eigenvalue weighted by molar-refractivity contribution is 0.203. The molecule has 9 heteroatoms. The Morgan fingerprint density at radius 1 is 1.23 bits per heavy atom. The van der Waals surface area contributed by atoms with Gasteiger partial charge in [-0.2, -0.15) is 0 Å². The van der Waals surface area contributed by atoms with Crippen LogP contribution >= 0.6 is 11.6 Å². The predicted octanol–water partition coefficient (Wildman–Crippen LogP) is 4.77. The first-order valence-corrected chi connectivity index (χ1v) is 11.1. The molecule has 3 heterocycles. The number of hydrogen-bond donors (Lipinski definition) is 1. The van der Waals surface area contributed by atoms with Crippen LogP contribution in [0.3, 0.4) is 0 Å². The van der Waals surface area contributed by atoms with Crippen molar-refractivity contribution in [3.8, 4) is 0 Å². The van der Waals surface area contributed by atoms with Crippen molar-refractivity contribution in [2.45, 2.75) is 59.0 Å². The summed E-state index contributed by atoms with van der Waals surface area (Å²) in [6.07, 6.45) is 3.12. The van der Waals surface area contributed by atoms with Crippen molar-refractivity contribution < 1.29 is 9.32 Å². The van der Waals surface area contributed by atoms with E-state index < -0.39 is 0 Å². The number of rotatable bonds is 6. The zero-order chi connectivity index (χ0) is 22.0. The first-order chi connectivity index (χ1) is 15.0. The van der Waals surface area contributed by atoms with Crippen LogP contribution in [0.5, 0.6) is 0 Å². The molecule has 1 saturated heterocycles. The Kier molecular flexibility index (Phi) is 6.27. The second-order valence-corrected chi connectivity index (χ2v) is 8.17. The number of likely N-dealkylation sites (tertiary alicyclic amines) is 1. The van der Waals surface area contributed by atoms with Gasteiger partial charge in [-0.1, -0.05) is 42.7 Å². The second-order valence-electron chi connectivity index (χ2n) is 7.73. The summed E-state index contributed by atoms with van der Waals surface area (Å²) in [7, 11) is 0. The molecule has 8 nitrogen and oxygen atoms in total. The molecular formula is C22H27ClN6O2. The van der Waals surface area contributed by atoms with Crippen LogP contribution in [0.25, 0.3) is 0 Å². The number of halogens is 1. The van der Waals surface area contributed by atoms with Crippen molar-refractivity contribution in [3.05, 3.63) is 58.0 Å². The van der Waals surface area contributed by atoms with E-state index in [1.165, 1.54) is 0 Å². The minimum atomic E-state index is -0.159. The highest BCUT2D eigenvalue weighted by atomic mass is 35.5. The average Bonchev–Trinajstić information content (AvgIpc) is 3.48. The number of hydrogen-bond acceptors (Lipinski definition) is 5. The number of anilines is 1. The number of benzene rings is 1. The molecule has 2 amide bonds. The number of aromatic nitrogens is 4. The van der Waals surface area contributed by atoms with Gasteiger partial charge in [0, 0.05) is 18.0 Å². The highest BCUT2D eigenvalue weighted by Gasteiger charge is 2.34. The van der Waals surface area contributed by atoms with Crippen molar-refractivity contribution in [1.82, 2.24) is 24.8 Å². The van der Waals surface area contributed by atoms with Crippen LogP contribution in [0.1, 0.15) is 61.4 Å². The van der Waals surface area contributed by atoms with Gasteiger partial charge in [-0.3, -0.25) is 0 Å². The topological polar surface area (TPSA) is 89.1 Å². The van der Waals surface area contributed by atoms with Crippen LogP contribution in [0, 0.1) is 6.92 Å². The molecule has 1 aliphatic heterocycles. The van der Waals surface area contributed by atoms with Gasteiger partial charge in [-0.15, -0.1) is 10.2 Å². The molecule has 0 bridgehead atoms. The number of aryl methyl sites for hydroxylation is 3. The summed E-state index contributed by atoms with van der Waals surface area (Å²) in [5.74, 6) is 2.32. The van der Waals surface area contributed by atoms with E-state index in [1.807, 2.05) is 49.9 Å². The molecule has 1 atom stereocenters. The fraction of sp³-hybridized carbons (Fsp3) is 0.455. The molecule has 1 aliphatic rings. The van der Waals surface area contributed by atoms with E-state index in [1.54, 1.807) is 0 Å². The maximum Gasteiger partial charge on any atom is 0.322 e. The first kappa shape index (κ1) is 21.4. The summed E-state index contributed by atoms with van der Waals surface area (Å²) in [4.78, 5) is 15.1. The molecule has 1 fully saturated rings. The third kappa shape index (κ3) is 4.30. The van der Waals surface area contributed by atoms with Crippen LogP contribution in [-0.2, 0) is 19.4 Å². The van der Waals surface area contributed by atoms with Gasteiger partial charge in [-0.25, -0.2) is 4.79 Å². The van der Waals surface area contributed by atoms with Gasteiger partial charge < -0.3 is 19.3 Å². The Morgan fingerprint density at radius 2 is 2.00 bits per heavy atom. The summed E-state index contributed by atoms with van der Waals surface area (Å²) >= 11 is 6.02. The van der Waals surface area contributed by atoms with E-state index in [4.69, 9.17) is 16.1 Å². The Morgan fingerprint density at radius 3 is 2.71 bits per heavy atom. The Labute approximate surface area is 186 Å². The Hall–Kier alpha value is -2.87. The number of urea groups is 1. The highest BCUT2D eigenvalue weighted by Crippen LogP contribution is 2.33. The predicted molar refractivity (Wildman–Crippen MR) is 118 cm³/mol. The average molecular weight is 443 g/mol. The van der Waals surface area contributed by atoms with E-state index in [9.17, 15) is 4.79 Å². The monoisotopic (exact) mass is 442 g/mol. The fourth-order valence-corrected chi connectivity index (χ4v) is 4.18. The van der Waals surface area contributed by atoms with E-state index in [0.717, 1.165) is 35.7 Å². The van der Waals surface area contributed by atoms with Crippen LogP contribution in [0.2, 0.25) is 5.02 Å². The summed E-state index contributed by atoms with van der Waals surface area (Å²) in [6.45, 7) is 7.20. The maximum atomic E-state index is 13.2. The maximum absolute atomic E-state index is 13.2. The van der Waals surface area contributed by atoms with Gasteiger partial charge in [0.1, 0.15) is 17.2 Å². The number of amides is 2. The Bertz CT molecular complexity index is 1040. The number of carbonyl (C=O) groups excluding carboxylic acids is 1. The third-order valence-corrected chi connectivity index (χ3v) is 6.00. The Balaban J connectivity index is 1.57. The zero-order valence-electron chi connectivity index (χ0n) is 18.1. The molecule has 1 aromatic carbocycles. The molecule has 0 radical (unpaired) electrons. The van der Waals surface area contributed by atoms with E-state index in [2.05, 4.69) is 25.2 Å². The minimum Gasteiger partial charge on any atom is -0.359 e. The lowest BCUT2D eigenvalue weighted by Crippen LogP contribution is -2.36. The molecule has 31 heavy (non-hydrogen) atoms. The van der Waals surface area contributed by atoms with Crippen LogP contribution in [0.4, 0.5) is 10.5 Å². The largest absolute Gasteiger partial charge is 0.359 e. The molecule has 1 unspecified atom stereocenters. The van der Waals surface area contributed by atoms with Gasteiger partial charge in [0.2, 0.25) is 0 Å². The smallest absolute Gasteiger partial charge is 0.322 e. The quantitative estimate of drug-likeness (QED) is 0.593. The summed E-state index contributed by atoms with van der Waals surface area (Å²) in [5.41, 5.74) is 2.56. The fourth-order valence-electron chi connectivity index (χ4n) is 4.06. The lowest BCUT2D eigenvalue weighted by Gasteiger charge is -2.25. The molecule has 4 rings (SSSR count). The number of nitrogens with one attached hydrogen (secondary N) is 1. The van der Waals surface area contributed by atoms with Gasteiger partial charge in [-0.05, 0) is 43.9 Å². The van der Waals surface area contributed by atoms with Gasteiger partial charge in [0.05, 0.1) is 12.6 Å². The van der Waals surface area contributed by atoms with Gasteiger partial charge >= 0.3 is 6.03 Å².